The predicted octanol–water partition coefficient (Wildman–Crippen LogP) is 1.27. The molecule has 0 aromatic carbocycles. The Morgan fingerprint density at radius 2 is 1.90 bits per heavy atom. The van der Waals surface area contributed by atoms with Crippen molar-refractivity contribution in [2.45, 2.75) is 26.2 Å². The molecule has 0 N–H and O–H groups in total. The molecule has 2 amide bonds. The molecular weight excluding hydrogens is 408 g/mol. The van der Waals surface area contributed by atoms with E-state index in [1.807, 2.05) is 15.8 Å². The molecule has 3 aromatic heterocycles. The lowest BCUT2D eigenvalue weighted by molar-refractivity contribution is -0.132. The monoisotopic (exact) mass is 432 g/mol. The molecule has 1 fully saturated rings. The molecule has 4 rings (SSSR count). The quantitative estimate of drug-likeness (QED) is 0.602. The highest BCUT2D eigenvalue weighted by Gasteiger charge is 2.24. The molecule has 0 atom stereocenters. The van der Waals surface area contributed by atoms with Crippen LogP contribution < -0.4 is 5.56 Å². The number of nitrogens with zero attached hydrogens (tertiary/aromatic N) is 6. The standard InChI is InChI=1S/C19H24N6O4S/c1-3-29-19(28)24-10-8-23(9-11-24)15(26)6-4-5-14-20-21-18-22(2)17(27)16-13(25(14)18)7-12-30-16/h7,12H,3-6,8-11H2,1-2H3. The van der Waals surface area contributed by atoms with Crippen molar-refractivity contribution in [2.75, 3.05) is 32.8 Å². The van der Waals surface area contributed by atoms with Crippen LogP contribution in [0.1, 0.15) is 25.6 Å². The summed E-state index contributed by atoms with van der Waals surface area (Å²) in [6.07, 6.45) is 1.29. The maximum Gasteiger partial charge on any atom is 0.409 e. The molecule has 0 aliphatic carbocycles. The van der Waals surface area contributed by atoms with Crippen molar-refractivity contribution in [3.63, 3.8) is 0 Å². The molecule has 0 unspecified atom stereocenters. The summed E-state index contributed by atoms with van der Waals surface area (Å²) in [6, 6.07) is 1.90. The van der Waals surface area contributed by atoms with E-state index in [0.29, 0.717) is 62.5 Å². The summed E-state index contributed by atoms with van der Waals surface area (Å²) in [6.45, 7) is 4.14. The number of aromatic nitrogens is 4. The van der Waals surface area contributed by atoms with Crippen molar-refractivity contribution in [1.82, 2.24) is 29.0 Å². The van der Waals surface area contributed by atoms with Gasteiger partial charge in [0, 0.05) is 46.1 Å². The smallest absolute Gasteiger partial charge is 0.409 e. The van der Waals surface area contributed by atoms with Gasteiger partial charge in [0.15, 0.2) is 0 Å². The molecule has 30 heavy (non-hydrogen) atoms. The van der Waals surface area contributed by atoms with Gasteiger partial charge in [-0.25, -0.2) is 4.79 Å². The first-order valence-electron chi connectivity index (χ1n) is 10.0. The van der Waals surface area contributed by atoms with Crippen LogP contribution in [-0.4, -0.2) is 73.8 Å². The van der Waals surface area contributed by atoms with Crippen molar-refractivity contribution < 1.29 is 14.3 Å². The molecule has 0 saturated carbocycles. The van der Waals surface area contributed by atoms with Gasteiger partial charge in [0.05, 0.1) is 12.1 Å². The molecule has 1 saturated heterocycles. The van der Waals surface area contributed by atoms with Crippen molar-refractivity contribution in [3.8, 4) is 0 Å². The van der Waals surface area contributed by atoms with Crippen molar-refractivity contribution in [1.29, 1.82) is 0 Å². The van der Waals surface area contributed by atoms with Gasteiger partial charge in [-0.3, -0.25) is 18.6 Å². The van der Waals surface area contributed by atoms with E-state index in [4.69, 9.17) is 4.74 Å². The number of rotatable bonds is 5. The molecule has 3 aromatic rings. The van der Waals surface area contributed by atoms with Crippen LogP contribution in [0, 0.1) is 0 Å². The lowest BCUT2D eigenvalue weighted by atomic mass is 10.2. The van der Waals surface area contributed by atoms with E-state index in [2.05, 4.69) is 10.2 Å². The highest BCUT2D eigenvalue weighted by Crippen LogP contribution is 2.20. The van der Waals surface area contributed by atoms with Gasteiger partial charge in [0.25, 0.3) is 5.56 Å². The van der Waals surface area contributed by atoms with Gasteiger partial charge in [-0.1, -0.05) is 0 Å². The van der Waals surface area contributed by atoms with E-state index in [-0.39, 0.29) is 17.6 Å². The zero-order valence-corrected chi connectivity index (χ0v) is 17.9. The first-order valence-corrected chi connectivity index (χ1v) is 10.9. The number of carbonyl (C=O) groups is 2. The largest absolute Gasteiger partial charge is 0.450 e. The summed E-state index contributed by atoms with van der Waals surface area (Å²) in [5.74, 6) is 1.31. The Hall–Kier alpha value is -2.95. The molecule has 1 aliphatic rings. The second kappa shape index (κ2) is 8.42. The maximum atomic E-state index is 12.6. The molecule has 0 bridgehead atoms. The van der Waals surface area contributed by atoms with Gasteiger partial charge >= 0.3 is 6.09 Å². The fourth-order valence-electron chi connectivity index (χ4n) is 3.72. The van der Waals surface area contributed by atoms with Gasteiger partial charge in [-0.2, -0.15) is 0 Å². The Morgan fingerprint density at radius 1 is 1.17 bits per heavy atom. The lowest BCUT2D eigenvalue weighted by Crippen LogP contribution is -2.50. The summed E-state index contributed by atoms with van der Waals surface area (Å²) < 4.78 is 9.08. The molecule has 11 heteroatoms. The minimum Gasteiger partial charge on any atom is -0.450 e. The third-order valence-electron chi connectivity index (χ3n) is 5.35. The Morgan fingerprint density at radius 3 is 2.63 bits per heavy atom. The summed E-state index contributed by atoms with van der Waals surface area (Å²) in [4.78, 5) is 40.2. The number of ether oxygens (including phenoxy) is 1. The number of piperazine rings is 1. The van der Waals surface area contributed by atoms with Crippen LogP contribution in [0.4, 0.5) is 4.79 Å². The van der Waals surface area contributed by atoms with Gasteiger partial charge in [-0.15, -0.1) is 21.5 Å². The topological polar surface area (TPSA) is 102 Å². The van der Waals surface area contributed by atoms with Crippen LogP contribution in [0.15, 0.2) is 16.2 Å². The lowest BCUT2D eigenvalue weighted by Gasteiger charge is -2.34. The van der Waals surface area contributed by atoms with Crippen molar-refractivity contribution in [2.24, 2.45) is 7.05 Å². The summed E-state index contributed by atoms with van der Waals surface area (Å²) in [5, 5.41) is 10.3. The van der Waals surface area contributed by atoms with Crippen LogP contribution >= 0.6 is 11.3 Å². The second-order valence-electron chi connectivity index (χ2n) is 7.17. The van der Waals surface area contributed by atoms with Crippen molar-refractivity contribution >= 4 is 39.3 Å². The summed E-state index contributed by atoms with van der Waals surface area (Å²) in [5.41, 5.74) is 0.725. The Bertz CT molecular complexity index is 1140. The zero-order chi connectivity index (χ0) is 21.3. The average Bonchev–Trinajstić information content (AvgIpc) is 3.39. The van der Waals surface area contributed by atoms with E-state index < -0.39 is 0 Å². The minimum absolute atomic E-state index is 0.0698. The molecule has 160 valence electrons. The number of aryl methyl sites for hydroxylation is 2. The van der Waals surface area contributed by atoms with Crippen LogP contribution in [-0.2, 0) is 23.0 Å². The number of thiophene rings is 1. The number of hydrogen-bond acceptors (Lipinski definition) is 7. The fraction of sp³-hybridized carbons (Fsp3) is 0.526. The highest BCUT2D eigenvalue weighted by molar-refractivity contribution is 7.17. The van der Waals surface area contributed by atoms with E-state index in [0.717, 1.165) is 11.3 Å². The molecular formula is C19H24N6O4S. The normalized spacial score (nSPS) is 14.6. The number of hydrogen-bond donors (Lipinski definition) is 0. The van der Waals surface area contributed by atoms with Crippen molar-refractivity contribution in [3.05, 3.63) is 27.6 Å². The SMILES string of the molecule is CCOC(=O)N1CCN(C(=O)CCCc2nnc3n(C)c(=O)c4sccc4n23)CC1. The van der Waals surface area contributed by atoms with Crippen LogP contribution in [0.3, 0.4) is 0 Å². The molecule has 10 nitrogen and oxygen atoms in total. The number of fused-ring (bicyclic) bond motifs is 3. The number of amides is 2. The van der Waals surface area contributed by atoms with E-state index in [1.165, 1.54) is 15.9 Å². The third kappa shape index (κ3) is 3.64. The first kappa shape index (κ1) is 20.3. The zero-order valence-electron chi connectivity index (χ0n) is 17.0. The number of carbonyl (C=O) groups excluding carboxylic acids is 2. The fourth-order valence-corrected chi connectivity index (χ4v) is 4.57. The Labute approximate surface area is 176 Å². The first-order chi connectivity index (χ1) is 14.5. The molecule has 1 aliphatic heterocycles. The van der Waals surface area contributed by atoms with E-state index in [1.54, 1.807) is 23.8 Å². The van der Waals surface area contributed by atoms with Gasteiger partial charge in [0.1, 0.15) is 10.5 Å². The Balaban J connectivity index is 1.37. The summed E-state index contributed by atoms with van der Waals surface area (Å²) >= 11 is 1.40. The minimum atomic E-state index is -0.322. The van der Waals surface area contributed by atoms with Crippen LogP contribution in [0.2, 0.25) is 0 Å². The van der Waals surface area contributed by atoms with E-state index in [9.17, 15) is 14.4 Å². The highest BCUT2D eigenvalue weighted by atomic mass is 32.1. The Kier molecular flexibility index (Phi) is 5.71. The maximum absolute atomic E-state index is 12.6. The van der Waals surface area contributed by atoms with Gasteiger partial charge in [0.2, 0.25) is 11.7 Å². The second-order valence-corrected chi connectivity index (χ2v) is 8.09. The predicted molar refractivity (Wildman–Crippen MR) is 112 cm³/mol. The third-order valence-corrected chi connectivity index (χ3v) is 6.24. The molecule has 0 spiro atoms. The van der Waals surface area contributed by atoms with Crippen LogP contribution in [0.25, 0.3) is 16.0 Å². The molecule has 0 radical (unpaired) electrons. The van der Waals surface area contributed by atoms with Crippen LogP contribution in [0.5, 0.6) is 0 Å². The van der Waals surface area contributed by atoms with Gasteiger partial charge in [-0.05, 0) is 24.8 Å². The average molecular weight is 433 g/mol. The van der Waals surface area contributed by atoms with Gasteiger partial charge < -0.3 is 14.5 Å². The summed E-state index contributed by atoms with van der Waals surface area (Å²) in [7, 11) is 1.69. The van der Waals surface area contributed by atoms with E-state index >= 15 is 0 Å². The molecule has 4 heterocycles.